The van der Waals surface area contributed by atoms with Crippen molar-refractivity contribution in [2.75, 3.05) is 18.8 Å². The van der Waals surface area contributed by atoms with Gasteiger partial charge in [0, 0.05) is 5.75 Å². The van der Waals surface area contributed by atoms with Gasteiger partial charge in [-0.15, -0.1) is 24.2 Å². The van der Waals surface area contributed by atoms with E-state index in [2.05, 4.69) is 32.3 Å². The number of aromatic nitrogens is 1. The van der Waals surface area contributed by atoms with Crippen molar-refractivity contribution in [1.29, 1.82) is 0 Å². The fraction of sp³-hybridized carbons (Fsp3) is 0.545. The van der Waals surface area contributed by atoms with Crippen molar-refractivity contribution < 1.29 is 0 Å². The average molecular weight is 324 g/mol. The molecule has 0 aromatic carbocycles. The molecule has 2 nitrogen and oxygen atoms in total. The second-order valence-electron chi connectivity index (χ2n) is 3.80. The van der Waals surface area contributed by atoms with Crippen LogP contribution in [0.15, 0.2) is 27.8 Å². The zero-order valence-electron chi connectivity index (χ0n) is 8.99. The molecule has 1 N–H and O–H groups in total. The molecule has 0 amide bonds. The van der Waals surface area contributed by atoms with E-state index in [1.165, 1.54) is 31.7 Å². The van der Waals surface area contributed by atoms with Crippen LogP contribution in [0.2, 0.25) is 0 Å². The number of nitrogens with zero attached hydrogens (tertiary/aromatic N) is 1. The fourth-order valence-corrected chi connectivity index (χ4v) is 3.26. The van der Waals surface area contributed by atoms with E-state index in [1.54, 1.807) is 0 Å². The number of hydrogen-bond donors (Lipinski definition) is 1. The third kappa shape index (κ3) is 4.62. The highest BCUT2D eigenvalue weighted by Crippen LogP contribution is 2.24. The van der Waals surface area contributed by atoms with Gasteiger partial charge >= 0.3 is 0 Å². The summed E-state index contributed by atoms with van der Waals surface area (Å²) in [5.74, 6) is 2.06. The van der Waals surface area contributed by atoms with Crippen LogP contribution < -0.4 is 5.32 Å². The van der Waals surface area contributed by atoms with E-state index in [0.717, 1.165) is 15.5 Å². The second kappa shape index (κ2) is 7.54. The lowest BCUT2D eigenvalue weighted by atomic mass is 10.0. The standard InChI is InChI=1S/C11H15BrN2S.ClH/c12-10-2-1-3-11(14-10)15-8-9-4-6-13-7-5-9;/h1-3,9,13H,4-8H2;1H. The summed E-state index contributed by atoms with van der Waals surface area (Å²) in [6.07, 6.45) is 2.61. The lowest BCUT2D eigenvalue weighted by Crippen LogP contribution is -2.28. The predicted molar refractivity (Wildman–Crippen MR) is 75.5 cm³/mol. The minimum atomic E-state index is 0. The Bertz CT molecular complexity index is 319. The summed E-state index contributed by atoms with van der Waals surface area (Å²) in [4.78, 5) is 4.42. The van der Waals surface area contributed by atoms with Crippen LogP contribution in [-0.4, -0.2) is 23.8 Å². The molecule has 0 bridgehead atoms. The molecule has 1 aliphatic rings. The summed E-state index contributed by atoms with van der Waals surface area (Å²) in [5, 5.41) is 4.52. The van der Waals surface area contributed by atoms with Gasteiger partial charge in [0.15, 0.2) is 0 Å². The summed E-state index contributed by atoms with van der Waals surface area (Å²) < 4.78 is 0.929. The van der Waals surface area contributed by atoms with Gasteiger partial charge in [-0.2, -0.15) is 0 Å². The molecular formula is C11H16BrClN2S. The van der Waals surface area contributed by atoms with Crippen molar-refractivity contribution in [3.8, 4) is 0 Å². The normalized spacial score (nSPS) is 16.8. The molecule has 1 fully saturated rings. The Morgan fingerprint density at radius 2 is 2.12 bits per heavy atom. The summed E-state index contributed by atoms with van der Waals surface area (Å²) in [5.41, 5.74) is 0. The van der Waals surface area contributed by atoms with Crippen molar-refractivity contribution >= 4 is 40.1 Å². The molecule has 1 aromatic rings. The smallest absolute Gasteiger partial charge is 0.107 e. The molecule has 1 aliphatic heterocycles. The van der Waals surface area contributed by atoms with Crippen molar-refractivity contribution in [1.82, 2.24) is 10.3 Å². The Hall–Kier alpha value is 0.230. The molecule has 0 aliphatic carbocycles. The first kappa shape index (κ1) is 14.3. The van der Waals surface area contributed by atoms with E-state index in [4.69, 9.17) is 0 Å². The van der Waals surface area contributed by atoms with Crippen molar-refractivity contribution in [2.45, 2.75) is 17.9 Å². The SMILES string of the molecule is Brc1cccc(SCC2CCNCC2)n1.Cl. The molecule has 16 heavy (non-hydrogen) atoms. The van der Waals surface area contributed by atoms with Gasteiger partial charge in [0.25, 0.3) is 0 Å². The van der Waals surface area contributed by atoms with E-state index in [-0.39, 0.29) is 12.4 Å². The molecule has 1 aromatic heterocycles. The van der Waals surface area contributed by atoms with E-state index < -0.39 is 0 Å². The molecule has 2 rings (SSSR count). The molecule has 0 unspecified atom stereocenters. The summed E-state index contributed by atoms with van der Waals surface area (Å²) >= 11 is 5.27. The second-order valence-corrected chi connectivity index (χ2v) is 5.66. The van der Waals surface area contributed by atoms with Gasteiger partial charge in [-0.1, -0.05) is 6.07 Å². The van der Waals surface area contributed by atoms with Crippen molar-refractivity contribution in [3.05, 3.63) is 22.8 Å². The molecule has 1 saturated heterocycles. The van der Waals surface area contributed by atoms with Crippen molar-refractivity contribution in [3.63, 3.8) is 0 Å². The first-order chi connectivity index (χ1) is 7.34. The Balaban J connectivity index is 0.00000128. The van der Waals surface area contributed by atoms with Gasteiger partial charge in [-0.3, -0.25) is 0 Å². The molecule has 0 spiro atoms. The van der Waals surface area contributed by atoms with Crippen LogP contribution in [0.25, 0.3) is 0 Å². The Morgan fingerprint density at radius 3 is 2.81 bits per heavy atom. The maximum absolute atomic E-state index is 4.42. The molecular weight excluding hydrogens is 308 g/mol. The molecule has 90 valence electrons. The molecule has 0 radical (unpaired) electrons. The van der Waals surface area contributed by atoms with Gasteiger partial charge in [0.05, 0.1) is 5.03 Å². The third-order valence-corrected chi connectivity index (χ3v) is 4.22. The largest absolute Gasteiger partial charge is 0.317 e. The number of thioether (sulfide) groups is 1. The molecule has 0 atom stereocenters. The number of pyridine rings is 1. The molecule has 0 saturated carbocycles. The van der Waals surface area contributed by atoms with Crippen molar-refractivity contribution in [2.24, 2.45) is 5.92 Å². The monoisotopic (exact) mass is 322 g/mol. The van der Waals surface area contributed by atoms with Crippen LogP contribution >= 0.6 is 40.1 Å². The van der Waals surface area contributed by atoms with E-state index in [0.29, 0.717) is 0 Å². The minimum absolute atomic E-state index is 0. The van der Waals surface area contributed by atoms with Crippen LogP contribution in [0.5, 0.6) is 0 Å². The third-order valence-electron chi connectivity index (χ3n) is 2.62. The number of piperidine rings is 1. The van der Waals surface area contributed by atoms with Gasteiger partial charge in [-0.25, -0.2) is 4.98 Å². The number of rotatable bonds is 3. The summed E-state index contributed by atoms with van der Waals surface area (Å²) in [6.45, 7) is 2.36. The van der Waals surface area contributed by atoms with Crippen LogP contribution in [0.4, 0.5) is 0 Å². The van der Waals surface area contributed by atoms with Crippen LogP contribution in [0, 0.1) is 5.92 Å². The summed E-state index contributed by atoms with van der Waals surface area (Å²) in [7, 11) is 0. The van der Waals surface area contributed by atoms with Gasteiger partial charge < -0.3 is 5.32 Å². The molecule has 5 heteroatoms. The highest BCUT2D eigenvalue weighted by atomic mass is 79.9. The Labute approximate surface area is 116 Å². The quantitative estimate of drug-likeness (QED) is 0.682. The maximum atomic E-state index is 4.42. The lowest BCUT2D eigenvalue weighted by molar-refractivity contribution is 0.408. The number of hydrogen-bond acceptors (Lipinski definition) is 3. The Kier molecular flexibility index (Phi) is 6.73. The van der Waals surface area contributed by atoms with E-state index >= 15 is 0 Å². The highest BCUT2D eigenvalue weighted by molar-refractivity contribution is 9.10. The van der Waals surface area contributed by atoms with E-state index in [9.17, 15) is 0 Å². The maximum Gasteiger partial charge on any atom is 0.107 e. The first-order valence-corrected chi connectivity index (χ1v) is 7.08. The minimum Gasteiger partial charge on any atom is -0.317 e. The lowest BCUT2D eigenvalue weighted by Gasteiger charge is -2.21. The number of halogens is 2. The highest BCUT2D eigenvalue weighted by Gasteiger charge is 2.13. The zero-order chi connectivity index (χ0) is 10.5. The summed E-state index contributed by atoms with van der Waals surface area (Å²) in [6, 6.07) is 6.09. The zero-order valence-corrected chi connectivity index (χ0v) is 12.2. The topological polar surface area (TPSA) is 24.9 Å². The van der Waals surface area contributed by atoms with Crippen LogP contribution in [0.1, 0.15) is 12.8 Å². The molecule has 2 heterocycles. The van der Waals surface area contributed by atoms with Gasteiger partial charge in [0.2, 0.25) is 0 Å². The average Bonchev–Trinajstić information content (AvgIpc) is 2.28. The fourth-order valence-electron chi connectivity index (χ4n) is 1.72. The Morgan fingerprint density at radius 1 is 1.38 bits per heavy atom. The van der Waals surface area contributed by atoms with E-state index in [1.807, 2.05) is 23.9 Å². The first-order valence-electron chi connectivity index (χ1n) is 5.30. The van der Waals surface area contributed by atoms with Crippen LogP contribution in [-0.2, 0) is 0 Å². The number of nitrogens with one attached hydrogen (secondary N) is 1. The van der Waals surface area contributed by atoms with Crippen LogP contribution in [0.3, 0.4) is 0 Å². The predicted octanol–water partition coefficient (Wildman–Crippen LogP) is 3.36. The van der Waals surface area contributed by atoms with Gasteiger partial charge in [-0.05, 0) is 59.9 Å². The van der Waals surface area contributed by atoms with Gasteiger partial charge in [0.1, 0.15) is 4.60 Å².